The van der Waals surface area contributed by atoms with E-state index in [-0.39, 0.29) is 12.5 Å². The predicted molar refractivity (Wildman–Crippen MR) is 84.6 cm³/mol. The molecule has 1 heterocycles. The maximum atomic E-state index is 12.0. The van der Waals surface area contributed by atoms with Gasteiger partial charge in [0, 0.05) is 45.6 Å². The van der Waals surface area contributed by atoms with Crippen molar-refractivity contribution in [1.29, 1.82) is 0 Å². The number of aliphatic hydroxyl groups excluding tert-OH is 1. The molecule has 0 aromatic rings. The van der Waals surface area contributed by atoms with Gasteiger partial charge >= 0.3 is 0 Å². The molecule has 20 heavy (non-hydrogen) atoms. The zero-order chi connectivity index (χ0) is 15.0. The lowest BCUT2D eigenvalue weighted by Gasteiger charge is -2.35. The third-order valence-electron chi connectivity index (χ3n) is 3.94. The fourth-order valence-corrected chi connectivity index (χ4v) is 2.75. The zero-order valence-corrected chi connectivity index (χ0v) is 13.2. The van der Waals surface area contributed by atoms with Crippen LogP contribution >= 0.6 is 12.2 Å². The van der Waals surface area contributed by atoms with Crippen LogP contribution in [-0.2, 0) is 4.79 Å². The number of aliphatic hydroxyl groups is 1. The lowest BCUT2D eigenvalue weighted by Crippen LogP contribution is -2.42. The van der Waals surface area contributed by atoms with E-state index >= 15 is 0 Å². The molecule has 0 aromatic carbocycles. The number of hydrogen-bond donors (Lipinski definition) is 2. The highest BCUT2D eigenvalue weighted by Gasteiger charge is 2.22. The van der Waals surface area contributed by atoms with Crippen LogP contribution in [0, 0.1) is 0 Å². The van der Waals surface area contributed by atoms with Gasteiger partial charge in [-0.3, -0.25) is 9.69 Å². The van der Waals surface area contributed by atoms with E-state index in [0.29, 0.717) is 30.4 Å². The van der Waals surface area contributed by atoms with Crippen molar-refractivity contribution >= 4 is 23.1 Å². The molecule has 1 fully saturated rings. The molecule has 0 saturated carbocycles. The lowest BCUT2D eigenvalue weighted by molar-refractivity contribution is -0.130. The molecular formula is C14H27N3O2S. The summed E-state index contributed by atoms with van der Waals surface area (Å²) in [5.41, 5.74) is 5.44. The van der Waals surface area contributed by atoms with Gasteiger partial charge < -0.3 is 15.7 Å². The van der Waals surface area contributed by atoms with Gasteiger partial charge in [0.15, 0.2) is 0 Å². The number of hydrogen-bond acceptors (Lipinski definition) is 4. The summed E-state index contributed by atoms with van der Waals surface area (Å²) in [6.45, 7) is 2.63. The van der Waals surface area contributed by atoms with E-state index in [2.05, 4.69) is 4.90 Å². The summed E-state index contributed by atoms with van der Waals surface area (Å²) in [5, 5.41) is 9.10. The highest BCUT2D eigenvalue weighted by atomic mass is 32.1. The summed E-state index contributed by atoms with van der Waals surface area (Å²) in [4.78, 5) is 16.5. The van der Waals surface area contributed by atoms with Crippen LogP contribution in [0.1, 0.15) is 38.5 Å². The van der Waals surface area contributed by atoms with Crippen molar-refractivity contribution in [3.05, 3.63) is 0 Å². The maximum Gasteiger partial charge on any atom is 0.223 e. The summed E-state index contributed by atoms with van der Waals surface area (Å²) < 4.78 is 0. The van der Waals surface area contributed by atoms with Gasteiger partial charge in [-0.25, -0.2) is 0 Å². The van der Waals surface area contributed by atoms with Crippen LogP contribution in [0.2, 0.25) is 0 Å². The smallest absolute Gasteiger partial charge is 0.223 e. The third-order valence-corrected chi connectivity index (χ3v) is 4.15. The molecule has 1 rings (SSSR count). The standard InChI is InChI=1S/C14H27N3O2S/c1-16(9-5-13(15)20)14(19)6-10-17-8-3-2-4-12(17)7-11-18/h12,18H,2-11H2,1H3,(H2,15,20). The molecule has 3 N–H and O–H groups in total. The number of likely N-dealkylation sites (tertiary alicyclic amines) is 1. The van der Waals surface area contributed by atoms with Crippen molar-refractivity contribution in [3.8, 4) is 0 Å². The first-order valence-corrected chi connectivity index (χ1v) is 7.82. The van der Waals surface area contributed by atoms with Crippen LogP contribution < -0.4 is 5.73 Å². The van der Waals surface area contributed by atoms with Gasteiger partial charge in [0.25, 0.3) is 0 Å². The second-order valence-electron chi connectivity index (χ2n) is 5.48. The summed E-state index contributed by atoms with van der Waals surface area (Å²) in [7, 11) is 1.79. The van der Waals surface area contributed by atoms with Crippen LogP contribution in [0.25, 0.3) is 0 Å². The van der Waals surface area contributed by atoms with Crippen molar-refractivity contribution in [3.63, 3.8) is 0 Å². The van der Waals surface area contributed by atoms with E-state index in [0.717, 1.165) is 25.9 Å². The minimum Gasteiger partial charge on any atom is -0.396 e. The molecule has 1 aliphatic heterocycles. The molecule has 1 aliphatic rings. The molecular weight excluding hydrogens is 274 g/mol. The predicted octanol–water partition coefficient (Wildman–Crippen LogP) is 0.748. The monoisotopic (exact) mass is 301 g/mol. The minimum absolute atomic E-state index is 0.134. The Morgan fingerprint density at radius 3 is 2.85 bits per heavy atom. The summed E-state index contributed by atoms with van der Waals surface area (Å²) in [5.74, 6) is 0.134. The molecule has 6 heteroatoms. The highest BCUT2D eigenvalue weighted by Crippen LogP contribution is 2.19. The second kappa shape index (κ2) is 9.26. The fourth-order valence-electron chi connectivity index (χ4n) is 2.66. The molecule has 1 atom stereocenters. The van der Waals surface area contributed by atoms with Crippen molar-refractivity contribution in [1.82, 2.24) is 9.80 Å². The number of thiocarbonyl (C=S) groups is 1. The van der Waals surface area contributed by atoms with Gasteiger partial charge in [-0.05, 0) is 25.8 Å². The Kier molecular flexibility index (Phi) is 8.02. The average Bonchev–Trinajstić information content (AvgIpc) is 2.43. The van der Waals surface area contributed by atoms with Crippen LogP contribution in [0.5, 0.6) is 0 Å². The molecule has 5 nitrogen and oxygen atoms in total. The van der Waals surface area contributed by atoms with Gasteiger partial charge in [0.2, 0.25) is 5.91 Å². The first kappa shape index (κ1) is 17.3. The summed E-state index contributed by atoms with van der Waals surface area (Å²) >= 11 is 4.82. The van der Waals surface area contributed by atoms with Crippen LogP contribution in [0.4, 0.5) is 0 Å². The first-order valence-electron chi connectivity index (χ1n) is 7.41. The van der Waals surface area contributed by atoms with Gasteiger partial charge in [0.05, 0.1) is 4.99 Å². The Balaban J connectivity index is 2.32. The van der Waals surface area contributed by atoms with Crippen LogP contribution in [0.3, 0.4) is 0 Å². The molecule has 1 saturated heterocycles. The number of amides is 1. The summed E-state index contributed by atoms with van der Waals surface area (Å²) in [6, 6.07) is 0.434. The van der Waals surface area contributed by atoms with Crippen molar-refractivity contribution in [2.45, 2.75) is 44.6 Å². The van der Waals surface area contributed by atoms with Crippen LogP contribution in [-0.4, -0.2) is 65.1 Å². The van der Waals surface area contributed by atoms with E-state index in [1.807, 2.05) is 0 Å². The van der Waals surface area contributed by atoms with Gasteiger partial charge in [-0.2, -0.15) is 0 Å². The molecule has 0 aliphatic carbocycles. The van der Waals surface area contributed by atoms with Gasteiger partial charge in [0.1, 0.15) is 0 Å². The number of nitrogens with zero attached hydrogens (tertiary/aromatic N) is 2. The number of carbonyl (C=O) groups excluding carboxylic acids is 1. The maximum absolute atomic E-state index is 12.0. The van der Waals surface area contributed by atoms with Crippen molar-refractivity contribution in [2.75, 3.05) is 33.3 Å². The van der Waals surface area contributed by atoms with Crippen LogP contribution in [0.15, 0.2) is 0 Å². The molecule has 116 valence electrons. The van der Waals surface area contributed by atoms with E-state index in [9.17, 15) is 4.79 Å². The molecule has 0 aromatic heterocycles. The third kappa shape index (κ3) is 6.15. The van der Waals surface area contributed by atoms with Crippen molar-refractivity contribution < 1.29 is 9.90 Å². The van der Waals surface area contributed by atoms with E-state index < -0.39 is 0 Å². The largest absolute Gasteiger partial charge is 0.396 e. The topological polar surface area (TPSA) is 69.8 Å². The average molecular weight is 301 g/mol. The normalized spacial score (nSPS) is 19.8. The lowest BCUT2D eigenvalue weighted by atomic mass is 9.99. The SMILES string of the molecule is CN(CCC(N)=S)C(=O)CCN1CCCCC1CCO. The number of carbonyl (C=O) groups is 1. The summed E-state index contributed by atoms with van der Waals surface area (Å²) in [6.07, 6.45) is 5.46. The molecule has 1 unspecified atom stereocenters. The molecule has 0 bridgehead atoms. The Morgan fingerprint density at radius 1 is 1.45 bits per heavy atom. The van der Waals surface area contributed by atoms with E-state index in [1.54, 1.807) is 11.9 Å². The molecule has 0 spiro atoms. The quantitative estimate of drug-likeness (QED) is 0.647. The Bertz CT molecular complexity index is 324. The van der Waals surface area contributed by atoms with E-state index in [1.165, 1.54) is 12.8 Å². The number of piperidine rings is 1. The van der Waals surface area contributed by atoms with Gasteiger partial charge in [-0.1, -0.05) is 18.6 Å². The van der Waals surface area contributed by atoms with Gasteiger partial charge in [-0.15, -0.1) is 0 Å². The first-order chi connectivity index (χ1) is 9.54. The van der Waals surface area contributed by atoms with E-state index in [4.69, 9.17) is 23.1 Å². The zero-order valence-electron chi connectivity index (χ0n) is 12.4. The minimum atomic E-state index is 0.134. The number of nitrogens with two attached hydrogens (primary N) is 1. The fraction of sp³-hybridized carbons (Fsp3) is 0.857. The molecule has 1 amide bonds. The Labute approximate surface area is 127 Å². The molecule has 0 radical (unpaired) electrons. The Morgan fingerprint density at radius 2 is 2.20 bits per heavy atom. The highest BCUT2D eigenvalue weighted by molar-refractivity contribution is 7.80. The Hall–Kier alpha value is -0.720. The number of rotatable bonds is 8. The van der Waals surface area contributed by atoms with Crippen molar-refractivity contribution in [2.24, 2.45) is 5.73 Å². The second-order valence-corrected chi connectivity index (χ2v) is 6.00.